The SMILES string of the molecule is CCCNC(CCc1ccncc1)C1CCCCCC1. The normalized spacial score (nSPS) is 18.6. The summed E-state index contributed by atoms with van der Waals surface area (Å²) in [7, 11) is 0. The predicted octanol–water partition coefficient (Wildman–Crippen LogP) is 4.35. The first-order valence-electron chi connectivity index (χ1n) is 8.52. The van der Waals surface area contributed by atoms with Crippen LogP contribution in [0.1, 0.15) is 63.9 Å². The van der Waals surface area contributed by atoms with Crippen molar-refractivity contribution in [2.45, 2.75) is 70.8 Å². The average Bonchev–Trinajstić information content (AvgIpc) is 2.78. The minimum absolute atomic E-state index is 0.709. The molecule has 1 aromatic heterocycles. The standard InChI is InChI=1S/C18H30N2/c1-2-13-20-18(17-7-5-3-4-6-8-17)10-9-16-11-14-19-15-12-16/h11-12,14-15,17-18,20H,2-10,13H2,1H3. The number of pyridine rings is 1. The summed E-state index contributed by atoms with van der Waals surface area (Å²) in [4.78, 5) is 4.11. The lowest BCUT2D eigenvalue weighted by atomic mass is 9.88. The fourth-order valence-electron chi connectivity index (χ4n) is 3.42. The van der Waals surface area contributed by atoms with Gasteiger partial charge in [-0.3, -0.25) is 4.98 Å². The molecule has 1 unspecified atom stereocenters. The summed E-state index contributed by atoms with van der Waals surface area (Å²) in [6.45, 7) is 3.43. The van der Waals surface area contributed by atoms with Crippen molar-refractivity contribution in [1.82, 2.24) is 10.3 Å². The van der Waals surface area contributed by atoms with Crippen molar-refractivity contribution < 1.29 is 0 Å². The van der Waals surface area contributed by atoms with Crippen LogP contribution in [0.25, 0.3) is 0 Å². The lowest BCUT2D eigenvalue weighted by Crippen LogP contribution is -2.37. The number of nitrogens with one attached hydrogen (secondary N) is 1. The zero-order chi connectivity index (χ0) is 14.0. The molecule has 1 heterocycles. The van der Waals surface area contributed by atoms with E-state index in [0.29, 0.717) is 6.04 Å². The molecular formula is C18H30N2. The lowest BCUT2D eigenvalue weighted by molar-refractivity contribution is 0.305. The van der Waals surface area contributed by atoms with Gasteiger partial charge >= 0.3 is 0 Å². The van der Waals surface area contributed by atoms with E-state index in [1.807, 2.05) is 12.4 Å². The van der Waals surface area contributed by atoms with Crippen molar-refractivity contribution >= 4 is 0 Å². The first-order valence-corrected chi connectivity index (χ1v) is 8.52. The van der Waals surface area contributed by atoms with E-state index >= 15 is 0 Å². The van der Waals surface area contributed by atoms with E-state index in [-0.39, 0.29) is 0 Å². The Balaban J connectivity index is 1.88. The van der Waals surface area contributed by atoms with Gasteiger partial charge in [-0.2, -0.15) is 0 Å². The van der Waals surface area contributed by atoms with Crippen molar-refractivity contribution in [3.63, 3.8) is 0 Å². The first-order chi connectivity index (χ1) is 9.90. The summed E-state index contributed by atoms with van der Waals surface area (Å²) in [6.07, 6.45) is 16.1. The number of nitrogens with zero attached hydrogens (tertiary/aromatic N) is 1. The predicted molar refractivity (Wildman–Crippen MR) is 85.8 cm³/mol. The topological polar surface area (TPSA) is 24.9 Å². The summed E-state index contributed by atoms with van der Waals surface area (Å²) in [5.74, 6) is 0.894. The molecule has 112 valence electrons. The van der Waals surface area contributed by atoms with Gasteiger partial charge in [0.2, 0.25) is 0 Å². The average molecular weight is 274 g/mol. The molecular weight excluding hydrogens is 244 g/mol. The van der Waals surface area contributed by atoms with Crippen molar-refractivity contribution in [2.75, 3.05) is 6.54 Å². The first kappa shape index (κ1) is 15.5. The van der Waals surface area contributed by atoms with Crippen molar-refractivity contribution in [3.8, 4) is 0 Å². The van der Waals surface area contributed by atoms with Gasteiger partial charge < -0.3 is 5.32 Å². The third-order valence-corrected chi connectivity index (χ3v) is 4.62. The van der Waals surface area contributed by atoms with Gasteiger partial charge in [0.05, 0.1) is 0 Å². The monoisotopic (exact) mass is 274 g/mol. The molecule has 1 atom stereocenters. The molecule has 1 aromatic rings. The molecule has 0 aliphatic heterocycles. The Bertz CT molecular complexity index is 342. The van der Waals surface area contributed by atoms with E-state index in [0.717, 1.165) is 12.5 Å². The molecule has 0 spiro atoms. The molecule has 20 heavy (non-hydrogen) atoms. The van der Waals surface area contributed by atoms with Crippen molar-refractivity contribution in [3.05, 3.63) is 30.1 Å². The maximum absolute atomic E-state index is 4.11. The lowest BCUT2D eigenvalue weighted by Gasteiger charge is -2.27. The Morgan fingerprint density at radius 3 is 2.50 bits per heavy atom. The number of hydrogen-bond acceptors (Lipinski definition) is 2. The highest BCUT2D eigenvalue weighted by atomic mass is 14.9. The molecule has 0 radical (unpaired) electrons. The molecule has 2 rings (SSSR count). The summed E-state index contributed by atoms with van der Waals surface area (Å²) < 4.78 is 0. The number of aryl methyl sites for hydroxylation is 1. The highest BCUT2D eigenvalue weighted by molar-refractivity contribution is 5.10. The summed E-state index contributed by atoms with van der Waals surface area (Å²) in [6, 6.07) is 5.02. The van der Waals surface area contributed by atoms with Crippen LogP contribution in [0.15, 0.2) is 24.5 Å². The largest absolute Gasteiger partial charge is 0.314 e. The van der Waals surface area contributed by atoms with Crippen LogP contribution < -0.4 is 5.32 Å². The second-order valence-corrected chi connectivity index (χ2v) is 6.21. The Labute approximate surface area is 124 Å². The molecule has 2 heteroatoms. The van der Waals surface area contributed by atoms with E-state index in [1.54, 1.807) is 0 Å². The van der Waals surface area contributed by atoms with Crippen LogP contribution in [-0.2, 0) is 6.42 Å². The van der Waals surface area contributed by atoms with Crippen LogP contribution in [0.4, 0.5) is 0 Å². The third kappa shape index (κ3) is 5.24. The van der Waals surface area contributed by atoms with Gasteiger partial charge in [0, 0.05) is 18.4 Å². The van der Waals surface area contributed by atoms with E-state index in [1.165, 1.54) is 63.4 Å². The smallest absolute Gasteiger partial charge is 0.0270 e. The minimum atomic E-state index is 0.709. The highest BCUT2D eigenvalue weighted by Crippen LogP contribution is 2.27. The second kappa shape index (κ2) is 9.12. The summed E-state index contributed by atoms with van der Waals surface area (Å²) >= 11 is 0. The summed E-state index contributed by atoms with van der Waals surface area (Å²) in [5, 5.41) is 3.82. The zero-order valence-electron chi connectivity index (χ0n) is 13.0. The Morgan fingerprint density at radius 1 is 1.15 bits per heavy atom. The van der Waals surface area contributed by atoms with E-state index in [2.05, 4.69) is 29.4 Å². The van der Waals surface area contributed by atoms with Crippen LogP contribution in [0.2, 0.25) is 0 Å². The Morgan fingerprint density at radius 2 is 1.85 bits per heavy atom. The third-order valence-electron chi connectivity index (χ3n) is 4.62. The molecule has 1 saturated carbocycles. The number of rotatable bonds is 7. The minimum Gasteiger partial charge on any atom is -0.314 e. The molecule has 0 bridgehead atoms. The Hall–Kier alpha value is -0.890. The van der Waals surface area contributed by atoms with E-state index in [9.17, 15) is 0 Å². The molecule has 1 aliphatic rings. The van der Waals surface area contributed by atoms with Gasteiger partial charge in [-0.05, 0) is 62.3 Å². The van der Waals surface area contributed by atoms with Crippen molar-refractivity contribution in [1.29, 1.82) is 0 Å². The van der Waals surface area contributed by atoms with Crippen LogP contribution in [-0.4, -0.2) is 17.6 Å². The van der Waals surface area contributed by atoms with Gasteiger partial charge in [0.1, 0.15) is 0 Å². The molecule has 2 nitrogen and oxygen atoms in total. The molecule has 0 aromatic carbocycles. The molecule has 1 aliphatic carbocycles. The summed E-state index contributed by atoms with van der Waals surface area (Å²) in [5.41, 5.74) is 1.43. The van der Waals surface area contributed by atoms with Gasteiger partial charge in [-0.15, -0.1) is 0 Å². The van der Waals surface area contributed by atoms with Gasteiger partial charge in [0.25, 0.3) is 0 Å². The molecule has 0 amide bonds. The second-order valence-electron chi connectivity index (χ2n) is 6.21. The molecule has 1 fully saturated rings. The Kier molecular flexibility index (Phi) is 7.07. The number of hydrogen-bond donors (Lipinski definition) is 1. The maximum Gasteiger partial charge on any atom is 0.0270 e. The zero-order valence-corrected chi connectivity index (χ0v) is 13.0. The van der Waals surface area contributed by atoms with Crippen molar-refractivity contribution in [2.24, 2.45) is 5.92 Å². The van der Waals surface area contributed by atoms with E-state index < -0.39 is 0 Å². The fourth-order valence-corrected chi connectivity index (χ4v) is 3.42. The maximum atomic E-state index is 4.11. The van der Waals surface area contributed by atoms with Gasteiger partial charge in [-0.1, -0.05) is 32.6 Å². The van der Waals surface area contributed by atoms with E-state index in [4.69, 9.17) is 0 Å². The highest BCUT2D eigenvalue weighted by Gasteiger charge is 2.21. The van der Waals surface area contributed by atoms with Gasteiger partial charge in [0.15, 0.2) is 0 Å². The fraction of sp³-hybridized carbons (Fsp3) is 0.722. The molecule has 1 N–H and O–H groups in total. The van der Waals surface area contributed by atoms with Crippen LogP contribution in [0, 0.1) is 5.92 Å². The van der Waals surface area contributed by atoms with Crippen LogP contribution in [0.3, 0.4) is 0 Å². The quantitative estimate of drug-likeness (QED) is 0.748. The molecule has 0 saturated heterocycles. The van der Waals surface area contributed by atoms with Gasteiger partial charge in [-0.25, -0.2) is 0 Å². The number of aromatic nitrogens is 1. The van der Waals surface area contributed by atoms with Crippen LogP contribution >= 0.6 is 0 Å². The van der Waals surface area contributed by atoms with Crippen LogP contribution in [0.5, 0.6) is 0 Å².